The van der Waals surface area contributed by atoms with Gasteiger partial charge in [-0.3, -0.25) is 0 Å². The highest BCUT2D eigenvalue weighted by atomic mass is 16.5. The summed E-state index contributed by atoms with van der Waals surface area (Å²) in [5.41, 5.74) is 0.533. The highest BCUT2D eigenvalue weighted by Crippen LogP contribution is 2.32. The number of benzene rings is 1. The first-order valence-corrected chi connectivity index (χ1v) is 6.73. The van der Waals surface area contributed by atoms with E-state index in [-0.39, 0.29) is 5.41 Å². The molecule has 0 unspecified atom stereocenters. The molecule has 0 spiro atoms. The van der Waals surface area contributed by atoms with Crippen LogP contribution in [0.5, 0.6) is 11.5 Å². The number of ether oxygens (including phenoxy) is 3. The van der Waals surface area contributed by atoms with Crippen LogP contribution in [0, 0.1) is 5.41 Å². The van der Waals surface area contributed by atoms with Gasteiger partial charge in [0.1, 0.15) is 11.5 Å². The minimum atomic E-state index is -0.421. The van der Waals surface area contributed by atoms with Gasteiger partial charge in [-0.1, -0.05) is 13.5 Å². The molecule has 0 N–H and O–H groups in total. The molecule has 1 aliphatic rings. The molecule has 1 aromatic carbocycles. The van der Waals surface area contributed by atoms with Crippen LogP contribution in [0.2, 0.25) is 0 Å². The lowest BCUT2D eigenvalue weighted by molar-refractivity contribution is -0.133. The maximum absolute atomic E-state index is 11.4. The van der Waals surface area contributed by atoms with Gasteiger partial charge in [-0.2, -0.15) is 0 Å². The van der Waals surface area contributed by atoms with E-state index in [1.54, 1.807) is 31.2 Å². The standard InChI is InChI=1S/C16H20O4/c1-4-16(9-18-10-16)11-19-13-5-7-14(8-6-13)20-15(17)12(2)3/h5-8H,2,4,9-11H2,1,3H3. The van der Waals surface area contributed by atoms with Crippen molar-refractivity contribution in [3.05, 3.63) is 36.4 Å². The van der Waals surface area contributed by atoms with Crippen molar-refractivity contribution in [3.63, 3.8) is 0 Å². The average Bonchev–Trinajstić information content (AvgIpc) is 2.39. The molecule has 1 saturated heterocycles. The van der Waals surface area contributed by atoms with Crippen LogP contribution >= 0.6 is 0 Å². The van der Waals surface area contributed by atoms with E-state index < -0.39 is 5.97 Å². The maximum Gasteiger partial charge on any atom is 0.338 e. The van der Waals surface area contributed by atoms with E-state index in [0.717, 1.165) is 25.4 Å². The Labute approximate surface area is 119 Å². The molecule has 0 saturated carbocycles. The summed E-state index contributed by atoms with van der Waals surface area (Å²) in [6.07, 6.45) is 1.04. The van der Waals surface area contributed by atoms with E-state index in [2.05, 4.69) is 13.5 Å². The molecule has 0 aliphatic carbocycles. The van der Waals surface area contributed by atoms with Gasteiger partial charge >= 0.3 is 5.97 Å². The van der Waals surface area contributed by atoms with E-state index in [0.29, 0.717) is 17.9 Å². The first-order chi connectivity index (χ1) is 9.54. The normalized spacial score (nSPS) is 16.1. The van der Waals surface area contributed by atoms with E-state index in [9.17, 15) is 4.79 Å². The molecule has 108 valence electrons. The van der Waals surface area contributed by atoms with Gasteiger partial charge in [-0.25, -0.2) is 4.79 Å². The minimum Gasteiger partial charge on any atom is -0.493 e. The predicted molar refractivity (Wildman–Crippen MR) is 75.9 cm³/mol. The molecular formula is C16H20O4. The van der Waals surface area contributed by atoms with E-state index >= 15 is 0 Å². The molecule has 1 heterocycles. The number of hydrogen-bond donors (Lipinski definition) is 0. The topological polar surface area (TPSA) is 44.8 Å². The number of rotatable bonds is 6. The fourth-order valence-corrected chi connectivity index (χ4v) is 1.81. The Bertz CT molecular complexity index is 480. The Balaban J connectivity index is 1.88. The van der Waals surface area contributed by atoms with E-state index in [1.165, 1.54) is 0 Å². The van der Waals surface area contributed by atoms with Crippen molar-refractivity contribution in [2.45, 2.75) is 20.3 Å². The molecule has 1 aliphatic heterocycles. The SMILES string of the molecule is C=C(C)C(=O)Oc1ccc(OCC2(CC)COC2)cc1. The average molecular weight is 276 g/mol. The molecule has 0 radical (unpaired) electrons. The lowest BCUT2D eigenvalue weighted by atomic mass is 9.84. The van der Waals surface area contributed by atoms with Gasteiger partial charge in [0.05, 0.1) is 25.2 Å². The lowest BCUT2D eigenvalue weighted by Gasteiger charge is -2.40. The van der Waals surface area contributed by atoms with Crippen molar-refractivity contribution in [2.75, 3.05) is 19.8 Å². The Hall–Kier alpha value is -1.81. The summed E-state index contributed by atoms with van der Waals surface area (Å²) in [6.45, 7) is 9.47. The van der Waals surface area contributed by atoms with Crippen LogP contribution in [0.25, 0.3) is 0 Å². The number of hydrogen-bond acceptors (Lipinski definition) is 4. The van der Waals surface area contributed by atoms with Crippen molar-refractivity contribution >= 4 is 5.97 Å². The molecule has 4 heteroatoms. The third-order valence-electron chi connectivity index (χ3n) is 3.49. The monoisotopic (exact) mass is 276 g/mol. The summed E-state index contributed by atoms with van der Waals surface area (Å²) in [7, 11) is 0. The van der Waals surface area contributed by atoms with Gasteiger partial charge in [0.15, 0.2) is 0 Å². The summed E-state index contributed by atoms with van der Waals surface area (Å²) in [5, 5.41) is 0. The number of carbonyl (C=O) groups excluding carboxylic acids is 1. The molecule has 1 fully saturated rings. The van der Waals surface area contributed by atoms with Gasteiger partial charge in [-0.15, -0.1) is 0 Å². The predicted octanol–water partition coefficient (Wildman–Crippen LogP) is 2.97. The molecule has 4 nitrogen and oxygen atoms in total. The maximum atomic E-state index is 11.4. The molecule has 2 rings (SSSR count). The summed E-state index contributed by atoms with van der Waals surface area (Å²) in [6, 6.07) is 7.02. The minimum absolute atomic E-state index is 0.158. The zero-order valence-corrected chi connectivity index (χ0v) is 12.0. The van der Waals surface area contributed by atoms with Gasteiger partial charge < -0.3 is 14.2 Å². The van der Waals surface area contributed by atoms with Gasteiger partial charge in [0.25, 0.3) is 0 Å². The first kappa shape index (κ1) is 14.6. The van der Waals surface area contributed by atoms with Crippen LogP contribution in [-0.4, -0.2) is 25.8 Å². The van der Waals surface area contributed by atoms with Crippen LogP contribution in [-0.2, 0) is 9.53 Å². The van der Waals surface area contributed by atoms with Gasteiger partial charge in [0, 0.05) is 5.57 Å². The molecule has 20 heavy (non-hydrogen) atoms. The van der Waals surface area contributed by atoms with Crippen LogP contribution in [0.1, 0.15) is 20.3 Å². The zero-order chi connectivity index (χ0) is 14.6. The molecule has 1 aromatic rings. The summed E-state index contributed by atoms with van der Waals surface area (Å²) < 4.78 is 16.1. The van der Waals surface area contributed by atoms with E-state index in [4.69, 9.17) is 14.2 Å². The molecule has 0 amide bonds. The Morgan fingerprint density at radius 3 is 2.35 bits per heavy atom. The number of carbonyl (C=O) groups is 1. The van der Waals surface area contributed by atoms with Crippen LogP contribution in [0.3, 0.4) is 0 Å². The second-order valence-corrected chi connectivity index (χ2v) is 5.28. The van der Waals surface area contributed by atoms with Crippen LogP contribution < -0.4 is 9.47 Å². The largest absolute Gasteiger partial charge is 0.493 e. The molecule has 0 bridgehead atoms. The summed E-state index contributed by atoms with van der Waals surface area (Å²) >= 11 is 0. The Kier molecular flexibility index (Phi) is 4.45. The van der Waals surface area contributed by atoms with Crippen molar-refractivity contribution in [3.8, 4) is 11.5 Å². The summed E-state index contributed by atoms with van der Waals surface area (Å²) in [4.78, 5) is 11.4. The van der Waals surface area contributed by atoms with Crippen LogP contribution in [0.4, 0.5) is 0 Å². The third-order valence-corrected chi connectivity index (χ3v) is 3.49. The number of esters is 1. The van der Waals surface area contributed by atoms with Crippen molar-refractivity contribution in [1.82, 2.24) is 0 Å². The van der Waals surface area contributed by atoms with Crippen molar-refractivity contribution in [1.29, 1.82) is 0 Å². The fraction of sp³-hybridized carbons (Fsp3) is 0.438. The van der Waals surface area contributed by atoms with Gasteiger partial charge in [0.2, 0.25) is 0 Å². The highest BCUT2D eigenvalue weighted by molar-refractivity contribution is 5.88. The van der Waals surface area contributed by atoms with Gasteiger partial charge in [-0.05, 0) is 37.6 Å². The summed E-state index contributed by atoms with van der Waals surface area (Å²) in [5.74, 6) is 0.831. The zero-order valence-electron chi connectivity index (χ0n) is 12.0. The van der Waals surface area contributed by atoms with E-state index in [1.807, 2.05) is 0 Å². The highest BCUT2D eigenvalue weighted by Gasteiger charge is 2.37. The third kappa shape index (κ3) is 3.39. The first-order valence-electron chi connectivity index (χ1n) is 6.73. The fourth-order valence-electron chi connectivity index (χ4n) is 1.81. The molecule has 0 atom stereocenters. The van der Waals surface area contributed by atoms with Crippen LogP contribution in [0.15, 0.2) is 36.4 Å². The lowest BCUT2D eigenvalue weighted by Crippen LogP contribution is -2.46. The second kappa shape index (κ2) is 6.09. The Morgan fingerprint density at radius 1 is 1.30 bits per heavy atom. The van der Waals surface area contributed by atoms with Crippen molar-refractivity contribution in [2.24, 2.45) is 5.41 Å². The van der Waals surface area contributed by atoms with Crippen molar-refractivity contribution < 1.29 is 19.0 Å². The molecule has 0 aromatic heterocycles. The molecular weight excluding hydrogens is 256 g/mol. The smallest absolute Gasteiger partial charge is 0.338 e. The quantitative estimate of drug-likeness (QED) is 0.455. The Morgan fingerprint density at radius 2 is 1.90 bits per heavy atom. The second-order valence-electron chi connectivity index (χ2n) is 5.28.